The fourth-order valence-corrected chi connectivity index (χ4v) is 3.40. The molecule has 1 amide bonds. The summed E-state index contributed by atoms with van der Waals surface area (Å²) >= 11 is 0. The van der Waals surface area contributed by atoms with Crippen LogP contribution in [0.25, 0.3) is 0 Å². The number of hydrogen-bond acceptors (Lipinski definition) is 3. The number of carbonyl (C=O) groups is 1. The highest BCUT2D eigenvalue weighted by Crippen LogP contribution is 2.27. The molecule has 0 bridgehead atoms. The third kappa shape index (κ3) is 3.04. The van der Waals surface area contributed by atoms with Crippen molar-refractivity contribution in [1.82, 2.24) is 15.1 Å². The summed E-state index contributed by atoms with van der Waals surface area (Å²) in [7, 11) is 3.91. The monoisotopic (exact) mass is 253 g/mol. The number of hydrogen-bond donors (Lipinski definition) is 1. The van der Waals surface area contributed by atoms with Crippen LogP contribution < -0.4 is 5.32 Å². The molecule has 18 heavy (non-hydrogen) atoms. The van der Waals surface area contributed by atoms with E-state index in [-0.39, 0.29) is 6.04 Å². The zero-order valence-electron chi connectivity index (χ0n) is 11.8. The fraction of sp³-hybridized carbons (Fsp3) is 0.929. The summed E-state index contributed by atoms with van der Waals surface area (Å²) < 4.78 is 0. The predicted octanol–water partition coefficient (Wildman–Crippen LogP) is 1.07. The Morgan fingerprint density at radius 2 is 1.94 bits per heavy atom. The molecule has 1 saturated heterocycles. The maximum Gasteiger partial charge on any atom is 0.239 e. The number of nitrogens with one attached hydrogen (secondary N) is 1. The predicted molar refractivity (Wildman–Crippen MR) is 73.5 cm³/mol. The fourth-order valence-electron chi connectivity index (χ4n) is 3.40. The number of rotatable bonds is 4. The minimum atomic E-state index is 0.105. The van der Waals surface area contributed by atoms with Gasteiger partial charge in [0.15, 0.2) is 0 Å². The number of likely N-dealkylation sites (N-methyl/N-ethyl adjacent to an activating group) is 1. The number of carbonyl (C=O) groups excluding carboxylic acids is 1. The third-order valence-corrected chi connectivity index (χ3v) is 4.43. The smallest absolute Gasteiger partial charge is 0.239 e. The Morgan fingerprint density at radius 1 is 1.22 bits per heavy atom. The van der Waals surface area contributed by atoms with Crippen molar-refractivity contribution in [2.75, 3.05) is 33.7 Å². The van der Waals surface area contributed by atoms with Gasteiger partial charge in [0.05, 0.1) is 6.04 Å². The standard InChI is InChI=1S/C14H27N3O/c1-15-9-8-13-14(18)16(2)10-5-11-17(13)12-6-3-4-7-12/h12-13,15H,3-11H2,1-2H3. The molecule has 2 fully saturated rings. The molecule has 0 aromatic heterocycles. The SMILES string of the molecule is CNCCC1C(=O)N(C)CCCN1C1CCCC1. The third-order valence-electron chi connectivity index (χ3n) is 4.43. The molecule has 104 valence electrons. The van der Waals surface area contributed by atoms with Crippen LogP contribution >= 0.6 is 0 Å². The second-order valence-corrected chi connectivity index (χ2v) is 5.70. The van der Waals surface area contributed by atoms with Gasteiger partial charge in [0.2, 0.25) is 5.91 Å². The van der Waals surface area contributed by atoms with E-state index in [1.807, 2.05) is 19.0 Å². The highest BCUT2D eigenvalue weighted by Gasteiger charge is 2.35. The van der Waals surface area contributed by atoms with Gasteiger partial charge in [-0.3, -0.25) is 9.69 Å². The largest absolute Gasteiger partial charge is 0.344 e. The van der Waals surface area contributed by atoms with Crippen LogP contribution in [-0.4, -0.2) is 61.5 Å². The zero-order valence-corrected chi connectivity index (χ0v) is 11.8. The first-order valence-corrected chi connectivity index (χ1v) is 7.39. The summed E-state index contributed by atoms with van der Waals surface area (Å²) in [5.41, 5.74) is 0. The van der Waals surface area contributed by atoms with Gasteiger partial charge in [-0.25, -0.2) is 0 Å². The lowest BCUT2D eigenvalue weighted by Crippen LogP contribution is -2.49. The topological polar surface area (TPSA) is 35.6 Å². The first kappa shape index (κ1) is 13.8. The molecule has 0 aromatic rings. The van der Waals surface area contributed by atoms with E-state index in [9.17, 15) is 4.79 Å². The maximum atomic E-state index is 12.5. The van der Waals surface area contributed by atoms with Gasteiger partial charge < -0.3 is 10.2 Å². The Morgan fingerprint density at radius 3 is 2.61 bits per heavy atom. The zero-order chi connectivity index (χ0) is 13.0. The van der Waals surface area contributed by atoms with Crippen molar-refractivity contribution in [3.05, 3.63) is 0 Å². The van der Waals surface area contributed by atoms with Gasteiger partial charge in [0.1, 0.15) is 0 Å². The molecule has 0 radical (unpaired) electrons. The van der Waals surface area contributed by atoms with Crippen LogP contribution in [0.3, 0.4) is 0 Å². The van der Waals surface area contributed by atoms with Crippen molar-refractivity contribution < 1.29 is 4.79 Å². The maximum absolute atomic E-state index is 12.5. The lowest BCUT2D eigenvalue weighted by Gasteiger charge is -2.34. The molecule has 1 aliphatic heterocycles. The molecule has 4 nitrogen and oxygen atoms in total. The Labute approximate surface area is 111 Å². The molecule has 1 saturated carbocycles. The van der Waals surface area contributed by atoms with E-state index in [1.165, 1.54) is 25.7 Å². The summed E-state index contributed by atoms with van der Waals surface area (Å²) in [5.74, 6) is 0.328. The van der Waals surface area contributed by atoms with Gasteiger partial charge in [-0.1, -0.05) is 12.8 Å². The molecule has 0 aromatic carbocycles. The van der Waals surface area contributed by atoms with Gasteiger partial charge >= 0.3 is 0 Å². The molecule has 2 aliphatic rings. The van der Waals surface area contributed by atoms with E-state index in [0.717, 1.165) is 32.5 Å². The number of amides is 1. The minimum Gasteiger partial charge on any atom is -0.344 e. The first-order valence-electron chi connectivity index (χ1n) is 7.39. The van der Waals surface area contributed by atoms with Crippen LogP contribution in [0.15, 0.2) is 0 Å². The molecule has 0 spiro atoms. The van der Waals surface area contributed by atoms with Crippen molar-refractivity contribution in [2.45, 2.75) is 50.6 Å². The van der Waals surface area contributed by atoms with E-state index < -0.39 is 0 Å². The van der Waals surface area contributed by atoms with E-state index in [4.69, 9.17) is 0 Å². The molecular formula is C14H27N3O. The Balaban J connectivity index is 2.08. The molecule has 1 aliphatic carbocycles. The van der Waals surface area contributed by atoms with Gasteiger partial charge in [-0.15, -0.1) is 0 Å². The van der Waals surface area contributed by atoms with Crippen molar-refractivity contribution >= 4 is 5.91 Å². The summed E-state index contributed by atoms with van der Waals surface area (Å²) in [6.45, 7) is 2.93. The normalized spacial score (nSPS) is 27.8. The van der Waals surface area contributed by atoms with Crippen LogP contribution in [0, 0.1) is 0 Å². The Kier molecular flexibility index (Phi) is 5.01. The summed E-state index contributed by atoms with van der Waals surface area (Å²) in [4.78, 5) is 16.9. The second-order valence-electron chi connectivity index (χ2n) is 5.70. The number of nitrogens with zero attached hydrogens (tertiary/aromatic N) is 2. The average molecular weight is 253 g/mol. The first-order chi connectivity index (χ1) is 8.74. The molecular weight excluding hydrogens is 226 g/mol. The highest BCUT2D eigenvalue weighted by molar-refractivity contribution is 5.82. The molecule has 1 atom stereocenters. The van der Waals surface area contributed by atoms with Crippen LogP contribution in [0.5, 0.6) is 0 Å². The van der Waals surface area contributed by atoms with Gasteiger partial charge in [0.25, 0.3) is 0 Å². The lowest BCUT2D eigenvalue weighted by molar-refractivity contribution is -0.135. The molecule has 4 heteroatoms. The minimum absolute atomic E-state index is 0.105. The highest BCUT2D eigenvalue weighted by atomic mass is 16.2. The molecule has 1 N–H and O–H groups in total. The van der Waals surface area contributed by atoms with Gasteiger partial charge in [-0.05, 0) is 39.3 Å². The van der Waals surface area contributed by atoms with Crippen molar-refractivity contribution in [3.63, 3.8) is 0 Å². The molecule has 1 unspecified atom stereocenters. The van der Waals surface area contributed by atoms with E-state index in [1.54, 1.807) is 0 Å². The van der Waals surface area contributed by atoms with Crippen LogP contribution in [-0.2, 0) is 4.79 Å². The Bertz CT molecular complexity index is 276. The van der Waals surface area contributed by atoms with E-state index in [0.29, 0.717) is 11.9 Å². The van der Waals surface area contributed by atoms with E-state index >= 15 is 0 Å². The quantitative estimate of drug-likeness (QED) is 0.814. The van der Waals surface area contributed by atoms with Crippen LogP contribution in [0.1, 0.15) is 38.5 Å². The summed E-state index contributed by atoms with van der Waals surface area (Å²) in [5, 5.41) is 3.18. The Hall–Kier alpha value is -0.610. The summed E-state index contributed by atoms with van der Waals surface area (Å²) in [6, 6.07) is 0.760. The van der Waals surface area contributed by atoms with Crippen molar-refractivity contribution in [2.24, 2.45) is 0 Å². The average Bonchev–Trinajstić information content (AvgIpc) is 2.85. The van der Waals surface area contributed by atoms with Crippen LogP contribution in [0.2, 0.25) is 0 Å². The van der Waals surface area contributed by atoms with Crippen molar-refractivity contribution in [3.8, 4) is 0 Å². The van der Waals surface area contributed by atoms with Gasteiger partial charge in [-0.2, -0.15) is 0 Å². The lowest BCUT2D eigenvalue weighted by atomic mass is 10.1. The molecule has 1 heterocycles. The second kappa shape index (κ2) is 6.53. The van der Waals surface area contributed by atoms with E-state index in [2.05, 4.69) is 10.2 Å². The van der Waals surface area contributed by atoms with Crippen LogP contribution in [0.4, 0.5) is 0 Å². The van der Waals surface area contributed by atoms with Crippen molar-refractivity contribution in [1.29, 1.82) is 0 Å². The van der Waals surface area contributed by atoms with Gasteiger partial charge in [0, 0.05) is 26.2 Å². The summed E-state index contributed by atoms with van der Waals surface area (Å²) in [6.07, 6.45) is 7.30. The molecule has 2 rings (SSSR count).